The summed E-state index contributed by atoms with van der Waals surface area (Å²) in [5.41, 5.74) is 0.0817. The first-order valence-corrected chi connectivity index (χ1v) is 5.35. The van der Waals surface area contributed by atoms with Crippen LogP contribution in [0.2, 0.25) is 0 Å². The van der Waals surface area contributed by atoms with E-state index in [1.54, 1.807) is 0 Å². The number of alkyl halides is 1. The fourth-order valence-corrected chi connectivity index (χ4v) is 0.896. The van der Waals surface area contributed by atoms with Crippen molar-refractivity contribution in [3.05, 3.63) is 11.8 Å². The van der Waals surface area contributed by atoms with Gasteiger partial charge in [0.1, 0.15) is 11.6 Å². The lowest BCUT2D eigenvalue weighted by atomic mass is 10.3. The molecule has 1 amide bonds. The Labute approximate surface area is 95.3 Å². The number of nitrogens with zero attached hydrogens (tertiary/aromatic N) is 1. The minimum absolute atomic E-state index is 0.0817. The molecule has 0 aliphatic carbocycles. The smallest absolute Gasteiger partial charge is 0.263 e. The largest absolute Gasteiger partial charge is 0.387 e. The first-order valence-electron chi connectivity index (χ1n) is 4.82. The number of nitrogens with one attached hydrogen (secondary N) is 2. The van der Waals surface area contributed by atoms with Gasteiger partial charge in [0.05, 0.1) is 0 Å². The molecule has 0 aliphatic rings. The summed E-state index contributed by atoms with van der Waals surface area (Å²) in [7, 11) is 0. The minimum atomic E-state index is -0.365. The van der Waals surface area contributed by atoms with Crippen molar-refractivity contribution in [2.75, 3.05) is 12.4 Å². The van der Waals surface area contributed by atoms with Crippen LogP contribution < -0.4 is 10.6 Å². The average Bonchev–Trinajstić information content (AvgIpc) is 2.18. The Morgan fingerprint density at radius 3 is 2.73 bits per heavy atom. The number of hydrogen-bond donors (Lipinski definition) is 2. The van der Waals surface area contributed by atoms with E-state index in [4.69, 9.17) is 16.9 Å². The highest BCUT2D eigenvalue weighted by molar-refractivity contribution is 6.17. The summed E-state index contributed by atoms with van der Waals surface area (Å²) >= 11 is 5.46. The fraction of sp³-hybridized carbons (Fsp3) is 0.600. The van der Waals surface area contributed by atoms with Crippen molar-refractivity contribution in [2.24, 2.45) is 0 Å². The average molecular weight is 230 g/mol. The molecule has 15 heavy (non-hydrogen) atoms. The van der Waals surface area contributed by atoms with Crippen molar-refractivity contribution >= 4 is 17.5 Å². The Balaban J connectivity index is 4.11. The van der Waals surface area contributed by atoms with Crippen LogP contribution in [0.25, 0.3) is 0 Å². The summed E-state index contributed by atoms with van der Waals surface area (Å²) in [6.45, 7) is 4.34. The molecule has 0 atom stereocenters. The predicted molar refractivity (Wildman–Crippen MR) is 60.3 cm³/mol. The lowest BCUT2D eigenvalue weighted by molar-refractivity contribution is -0.117. The normalized spacial score (nSPS) is 11.0. The Kier molecular flexibility index (Phi) is 7.47. The maximum atomic E-state index is 11.4. The Morgan fingerprint density at radius 2 is 2.27 bits per heavy atom. The number of amides is 1. The predicted octanol–water partition coefficient (Wildman–Crippen LogP) is 1.14. The second kappa shape index (κ2) is 8.13. The van der Waals surface area contributed by atoms with Gasteiger partial charge in [0, 0.05) is 24.7 Å². The van der Waals surface area contributed by atoms with E-state index in [-0.39, 0.29) is 17.5 Å². The number of rotatable bonds is 6. The van der Waals surface area contributed by atoms with Crippen molar-refractivity contribution in [3.63, 3.8) is 0 Å². The molecule has 0 aliphatic heterocycles. The topological polar surface area (TPSA) is 64.9 Å². The van der Waals surface area contributed by atoms with Gasteiger partial charge in [-0.3, -0.25) is 4.79 Å². The highest BCUT2D eigenvalue weighted by Crippen LogP contribution is 1.92. The van der Waals surface area contributed by atoms with E-state index in [9.17, 15) is 4.79 Å². The van der Waals surface area contributed by atoms with Crippen molar-refractivity contribution in [3.8, 4) is 6.07 Å². The van der Waals surface area contributed by atoms with E-state index >= 15 is 0 Å². The van der Waals surface area contributed by atoms with Gasteiger partial charge in [0.2, 0.25) is 0 Å². The molecule has 0 aromatic heterocycles. The standard InChI is InChI=1S/C10H16ClN3O/c1-8(2)14-7-9(6-12)10(15)13-5-3-4-11/h7-8,14H,3-5H2,1-2H3,(H,13,15)/b9-7-. The third-order valence-corrected chi connectivity index (χ3v) is 1.79. The van der Waals surface area contributed by atoms with Crippen LogP contribution in [0.3, 0.4) is 0 Å². The molecular formula is C10H16ClN3O. The van der Waals surface area contributed by atoms with Gasteiger partial charge in [-0.15, -0.1) is 11.6 Å². The summed E-state index contributed by atoms with van der Waals surface area (Å²) in [6.07, 6.45) is 2.13. The molecule has 0 radical (unpaired) electrons. The van der Waals surface area contributed by atoms with Gasteiger partial charge in [0.25, 0.3) is 5.91 Å². The lowest BCUT2D eigenvalue weighted by Gasteiger charge is -2.05. The van der Waals surface area contributed by atoms with E-state index in [2.05, 4.69) is 10.6 Å². The summed E-state index contributed by atoms with van der Waals surface area (Å²) < 4.78 is 0. The number of nitriles is 1. The third-order valence-electron chi connectivity index (χ3n) is 1.52. The molecule has 84 valence electrons. The minimum Gasteiger partial charge on any atom is -0.387 e. The van der Waals surface area contributed by atoms with Crippen molar-refractivity contribution in [2.45, 2.75) is 26.3 Å². The van der Waals surface area contributed by atoms with E-state index < -0.39 is 0 Å². The summed E-state index contributed by atoms with van der Waals surface area (Å²) in [5.74, 6) is 0.131. The van der Waals surface area contributed by atoms with Crippen molar-refractivity contribution in [1.29, 1.82) is 5.26 Å². The van der Waals surface area contributed by atoms with Crippen LogP contribution in [0.15, 0.2) is 11.8 Å². The molecular weight excluding hydrogens is 214 g/mol. The Bertz CT molecular complexity index is 268. The van der Waals surface area contributed by atoms with E-state index in [0.717, 1.165) is 0 Å². The van der Waals surface area contributed by atoms with Gasteiger partial charge < -0.3 is 10.6 Å². The van der Waals surface area contributed by atoms with E-state index in [1.807, 2.05) is 19.9 Å². The molecule has 0 saturated heterocycles. The number of halogens is 1. The second-order valence-corrected chi connectivity index (χ2v) is 3.67. The van der Waals surface area contributed by atoms with Crippen molar-refractivity contribution < 1.29 is 4.79 Å². The van der Waals surface area contributed by atoms with Crippen molar-refractivity contribution in [1.82, 2.24) is 10.6 Å². The third kappa shape index (κ3) is 6.81. The Morgan fingerprint density at radius 1 is 1.60 bits per heavy atom. The van der Waals surface area contributed by atoms with E-state index in [0.29, 0.717) is 18.8 Å². The summed E-state index contributed by atoms with van der Waals surface area (Å²) in [6, 6.07) is 2.04. The van der Waals surface area contributed by atoms with Crippen LogP contribution in [0.1, 0.15) is 20.3 Å². The zero-order valence-electron chi connectivity index (χ0n) is 9.01. The zero-order valence-corrected chi connectivity index (χ0v) is 9.77. The number of hydrogen-bond acceptors (Lipinski definition) is 3. The monoisotopic (exact) mass is 229 g/mol. The first kappa shape index (κ1) is 13.8. The van der Waals surface area contributed by atoms with E-state index in [1.165, 1.54) is 6.20 Å². The molecule has 0 aromatic rings. The molecule has 0 heterocycles. The van der Waals surface area contributed by atoms with Gasteiger partial charge in [-0.2, -0.15) is 5.26 Å². The number of carbonyl (C=O) groups is 1. The van der Waals surface area contributed by atoms with Crippen LogP contribution >= 0.6 is 11.6 Å². The van der Waals surface area contributed by atoms with Gasteiger partial charge in [-0.25, -0.2) is 0 Å². The fourth-order valence-electron chi connectivity index (χ4n) is 0.763. The highest BCUT2D eigenvalue weighted by atomic mass is 35.5. The zero-order chi connectivity index (χ0) is 11.7. The van der Waals surface area contributed by atoms with Gasteiger partial charge >= 0.3 is 0 Å². The van der Waals surface area contributed by atoms with Gasteiger partial charge in [-0.05, 0) is 20.3 Å². The quantitative estimate of drug-likeness (QED) is 0.311. The van der Waals surface area contributed by atoms with Crippen LogP contribution in [-0.2, 0) is 4.79 Å². The first-order chi connectivity index (χ1) is 7.11. The number of carbonyl (C=O) groups excluding carboxylic acids is 1. The van der Waals surface area contributed by atoms with Crippen LogP contribution in [0.4, 0.5) is 0 Å². The Hall–Kier alpha value is -1.21. The molecule has 0 fully saturated rings. The van der Waals surface area contributed by atoms with Gasteiger partial charge in [0.15, 0.2) is 0 Å². The molecule has 4 nitrogen and oxygen atoms in total. The molecule has 0 bridgehead atoms. The summed E-state index contributed by atoms with van der Waals surface area (Å²) in [5, 5.41) is 14.2. The van der Waals surface area contributed by atoms with Gasteiger partial charge in [-0.1, -0.05) is 0 Å². The van der Waals surface area contributed by atoms with Crippen LogP contribution in [0, 0.1) is 11.3 Å². The lowest BCUT2D eigenvalue weighted by Crippen LogP contribution is -2.27. The SMILES string of the molecule is CC(C)N/C=C(/C#N)C(=O)NCCCCl. The highest BCUT2D eigenvalue weighted by Gasteiger charge is 2.07. The van der Waals surface area contributed by atoms with Crippen LogP contribution in [0.5, 0.6) is 0 Å². The molecule has 2 N–H and O–H groups in total. The molecule has 0 rings (SSSR count). The molecule has 5 heteroatoms. The summed E-state index contributed by atoms with van der Waals surface area (Å²) in [4.78, 5) is 11.4. The molecule has 0 spiro atoms. The maximum Gasteiger partial charge on any atom is 0.263 e. The maximum absolute atomic E-state index is 11.4. The van der Waals surface area contributed by atoms with Crippen LogP contribution in [-0.4, -0.2) is 24.4 Å². The second-order valence-electron chi connectivity index (χ2n) is 3.29. The molecule has 0 saturated carbocycles. The molecule has 0 aromatic carbocycles. The molecule has 0 unspecified atom stereocenters.